The van der Waals surface area contributed by atoms with Crippen LogP contribution in [0, 0.1) is 0 Å². The van der Waals surface area contributed by atoms with Crippen molar-refractivity contribution < 1.29 is 17.9 Å². The lowest BCUT2D eigenvalue weighted by atomic mass is 10.0. The van der Waals surface area contributed by atoms with Gasteiger partial charge in [-0.1, -0.05) is 56.3 Å². The third-order valence-corrected chi connectivity index (χ3v) is 7.14. The normalized spacial score (nSPS) is 11.6. The standard InChI is InChI=1S/C24H28N2O4S/c1-4-26(5-2)31(28,29)20-14-15-23(30-6-3)22(17-20)25-24(27)16-19-12-9-11-18-10-7-8-13-21(18)19/h7-15,17H,4-6,16H2,1-3H3,(H,25,27). The number of sulfonamides is 1. The summed E-state index contributed by atoms with van der Waals surface area (Å²) in [5.74, 6) is 0.196. The summed E-state index contributed by atoms with van der Waals surface area (Å²) in [6.07, 6.45) is 0.167. The molecule has 1 amide bonds. The first kappa shape index (κ1) is 22.8. The van der Waals surface area contributed by atoms with Crippen LogP contribution in [0.4, 0.5) is 5.69 Å². The van der Waals surface area contributed by atoms with Crippen molar-refractivity contribution >= 4 is 32.4 Å². The Morgan fingerprint density at radius 2 is 1.68 bits per heavy atom. The number of benzene rings is 3. The van der Waals surface area contributed by atoms with Crippen LogP contribution in [0.15, 0.2) is 65.6 Å². The quantitative estimate of drug-likeness (QED) is 0.533. The van der Waals surface area contributed by atoms with E-state index in [0.29, 0.717) is 31.1 Å². The number of ether oxygens (including phenoxy) is 1. The van der Waals surface area contributed by atoms with Crippen molar-refractivity contribution in [1.29, 1.82) is 0 Å². The maximum absolute atomic E-state index is 12.9. The number of nitrogens with one attached hydrogen (secondary N) is 1. The SMILES string of the molecule is CCOc1ccc(S(=O)(=O)N(CC)CC)cc1NC(=O)Cc1cccc2ccccc12. The van der Waals surface area contributed by atoms with E-state index in [0.717, 1.165) is 16.3 Å². The lowest BCUT2D eigenvalue weighted by Crippen LogP contribution is -2.30. The number of hydrogen-bond donors (Lipinski definition) is 1. The van der Waals surface area contributed by atoms with Crippen LogP contribution in [0.1, 0.15) is 26.3 Å². The average molecular weight is 441 g/mol. The molecule has 0 bridgehead atoms. The molecule has 7 heteroatoms. The van der Waals surface area contributed by atoms with Crippen LogP contribution in [-0.2, 0) is 21.2 Å². The van der Waals surface area contributed by atoms with Crippen molar-refractivity contribution in [3.05, 3.63) is 66.2 Å². The van der Waals surface area contributed by atoms with Crippen LogP contribution in [0.5, 0.6) is 5.75 Å². The summed E-state index contributed by atoms with van der Waals surface area (Å²) in [5.41, 5.74) is 1.25. The van der Waals surface area contributed by atoms with E-state index in [2.05, 4.69) is 5.32 Å². The first-order chi connectivity index (χ1) is 14.9. The molecular formula is C24H28N2O4S. The van der Waals surface area contributed by atoms with Gasteiger partial charge in [-0.25, -0.2) is 8.42 Å². The molecule has 1 N–H and O–H groups in total. The number of fused-ring (bicyclic) bond motifs is 1. The Kier molecular flexibility index (Phi) is 7.30. The third-order valence-electron chi connectivity index (χ3n) is 5.10. The van der Waals surface area contributed by atoms with Gasteiger partial charge in [0, 0.05) is 13.1 Å². The second kappa shape index (κ2) is 9.94. The van der Waals surface area contributed by atoms with Crippen LogP contribution in [0.2, 0.25) is 0 Å². The van der Waals surface area contributed by atoms with E-state index in [1.165, 1.54) is 16.4 Å². The molecule has 31 heavy (non-hydrogen) atoms. The van der Waals surface area contributed by atoms with Gasteiger partial charge in [0.05, 0.1) is 23.6 Å². The van der Waals surface area contributed by atoms with Gasteiger partial charge in [-0.05, 0) is 41.5 Å². The average Bonchev–Trinajstić information content (AvgIpc) is 2.76. The number of carbonyl (C=O) groups excluding carboxylic acids is 1. The molecular weight excluding hydrogens is 412 g/mol. The fourth-order valence-corrected chi connectivity index (χ4v) is 5.06. The van der Waals surface area contributed by atoms with Crippen molar-refractivity contribution in [3.8, 4) is 5.75 Å². The molecule has 0 fully saturated rings. The zero-order chi connectivity index (χ0) is 22.4. The zero-order valence-corrected chi connectivity index (χ0v) is 18.9. The fourth-order valence-electron chi connectivity index (χ4n) is 3.58. The first-order valence-electron chi connectivity index (χ1n) is 10.4. The smallest absolute Gasteiger partial charge is 0.243 e. The second-order valence-corrected chi connectivity index (χ2v) is 8.98. The molecule has 3 aromatic carbocycles. The van der Waals surface area contributed by atoms with Crippen LogP contribution < -0.4 is 10.1 Å². The molecule has 0 saturated heterocycles. The Morgan fingerprint density at radius 1 is 0.968 bits per heavy atom. The van der Waals surface area contributed by atoms with Crippen molar-refractivity contribution in [1.82, 2.24) is 4.31 Å². The van der Waals surface area contributed by atoms with Crippen LogP contribution >= 0.6 is 0 Å². The van der Waals surface area contributed by atoms with Gasteiger partial charge in [-0.2, -0.15) is 4.31 Å². The van der Waals surface area contributed by atoms with Crippen LogP contribution in [-0.4, -0.2) is 38.3 Å². The van der Waals surface area contributed by atoms with Gasteiger partial charge in [0.1, 0.15) is 5.75 Å². The molecule has 0 aliphatic rings. The number of rotatable bonds is 9. The Labute approximate surface area is 183 Å². The van der Waals surface area contributed by atoms with Gasteiger partial charge in [-0.3, -0.25) is 4.79 Å². The second-order valence-electron chi connectivity index (χ2n) is 7.04. The van der Waals surface area contributed by atoms with E-state index in [9.17, 15) is 13.2 Å². The maximum Gasteiger partial charge on any atom is 0.243 e. The minimum atomic E-state index is -3.65. The Hall–Kier alpha value is -2.90. The van der Waals surface area contributed by atoms with Gasteiger partial charge in [0.2, 0.25) is 15.9 Å². The lowest BCUT2D eigenvalue weighted by Gasteiger charge is -2.20. The summed E-state index contributed by atoms with van der Waals surface area (Å²) in [4.78, 5) is 13.0. The van der Waals surface area contributed by atoms with E-state index in [1.807, 2.05) is 49.4 Å². The van der Waals surface area contributed by atoms with E-state index in [-0.39, 0.29) is 17.2 Å². The topological polar surface area (TPSA) is 75.7 Å². The summed E-state index contributed by atoms with van der Waals surface area (Å²) in [5, 5.41) is 4.93. The van der Waals surface area contributed by atoms with Crippen molar-refractivity contribution in [3.63, 3.8) is 0 Å². The predicted octanol–water partition coefficient (Wildman–Crippen LogP) is 4.45. The molecule has 0 radical (unpaired) electrons. The van der Waals surface area contributed by atoms with E-state index >= 15 is 0 Å². The predicted molar refractivity (Wildman–Crippen MR) is 124 cm³/mol. The molecule has 0 spiro atoms. The van der Waals surface area contributed by atoms with Crippen molar-refractivity contribution in [2.24, 2.45) is 0 Å². The van der Waals surface area contributed by atoms with Gasteiger partial charge in [0.15, 0.2) is 0 Å². The van der Waals surface area contributed by atoms with Gasteiger partial charge in [0.25, 0.3) is 0 Å². The minimum Gasteiger partial charge on any atom is -0.492 e. The molecule has 0 aliphatic heterocycles. The summed E-state index contributed by atoms with van der Waals surface area (Å²) in [7, 11) is -3.65. The zero-order valence-electron chi connectivity index (χ0n) is 18.1. The molecule has 0 atom stereocenters. The van der Waals surface area contributed by atoms with Gasteiger partial charge in [-0.15, -0.1) is 0 Å². The van der Waals surface area contributed by atoms with E-state index in [1.54, 1.807) is 19.9 Å². The fraction of sp³-hybridized carbons (Fsp3) is 0.292. The Balaban J connectivity index is 1.90. The molecule has 0 saturated carbocycles. The van der Waals surface area contributed by atoms with Gasteiger partial charge < -0.3 is 10.1 Å². The Morgan fingerprint density at radius 3 is 2.39 bits per heavy atom. The summed E-state index contributed by atoms with van der Waals surface area (Å²) >= 11 is 0. The highest BCUT2D eigenvalue weighted by atomic mass is 32.2. The van der Waals surface area contributed by atoms with E-state index < -0.39 is 10.0 Å². The number of carbonyl (C=O) groups is 1. The largest absolute Gasteiger partial charge is 0.492 e. The molecule has 0 aliphatic carbocycles. The van der Waals surface area contributed by atoms with Crippen molar-refractivity contribution in [2.75, 3.05) is 25.0 Å². The highest BCUT2D eigenvalue weighted by Crippen LogP contribution is 2.30. The minimum absolute atomic E-state index is 0.125. The summed E-state index contributed by atoms with van der Waals surface area (Å²) < 4.78 is 32.8. The van der Waals surface area contributed by atoms with Crippen LogP contribution in [0.3, 0.4) is 0 Å². The lowest BCUT2D eigenvalue weighted by molar-refractivity contribution is -0.115. The molecule has 3 aromatic rings. The molecule has 0 aromatic heterocycles. The number of amides is 1. The Bertz CT molecular complexity index is 1170. The number of nitrogens with zero attached hydrogens (tertiary/aromatic N) is 1. The summed E-state index contributed by atoms with van der Waals surface area (Å²) in [6.45, 7) is 6.56. The monoisotopic (exact) mass is 440 g/mol. The van der Waals surface area contributed by atoms with Gasteiger partial charge >= 0.3 is 0 Å². The molecule has 6 nitrogen and oxygen atoms in total. The molecule has 0 unspecified atom stereocenters. The van der Waals surface area contributed by atoms with Crippen molar-refractivity contribution in [2.45, 2.75) is 32.1 Å². The molecule has 3 rings (SSSR count). The first-order valence-corrected chi connectivity index (χ1v) is 11.9. The highest BCUT2D eigenvalue weighted by Gasteiger charge is 2.23. The maximum atomic E-state index is 12.9. The molecule has 164 valence electrons. The third kappa shape index (κ3) is 5.06. The number of anilines is 1. The van der Waals surface area contributed by atoms with Crippen LogP contribution in [0.25, 0.3) is 10.8 Å². The molecule has 0 heterocycles. The summed E-state index contributed by atoms with van der Waals surface area (Å²) in [6, 6.07) is 18.3. The highest BCUT2D eigenvalue weighted by molar-refractivity contribution is 7.89. The van der Waals surface area contributed by atoms with E-state index in [4.69, 9.17) is 4.74 Å². The number of hydrogen-bond acceptors (Lipinski definition) is 4.